The molecule has 3 rings (SSSR count). The topological polar surface area (TPSA) is 86.7 Å². The molecule has 1 saturated heterocycles. The summed E-state index contributed by atoms with van der Waals surface area (Å²) in [5, 5.41) is 12.0. The summed E-state index contributed by atoms with van der Waals surface area (Å²) in [4.78, 5) is 37.5. The Morgan fingerprint density at radius 3 is 2.29 bits per heavy atom. The second-order valence-corrected chi connectivity index (χ2v) is 6.63. The van der Waals surface area contributed by atoms with Crippen molar-refractivity contribution in [3.8, 4) is 0 Å². The molecule has 1 atom stereocenters. The summed E-state index contributed by atoms with van der Waals surface area (Å²) < 4.78 is 0. The van der Waals surface area contributed by atoms with Gasteiger partial charge in [-0.3, -0.25) is 9.59 Å². The largest absolute Gasteiger partial charge is 0.480 e. The molecule has 3 fully saturated rings. The van der Waals surface area contributed by atoms with Crippen molar-refractivity contribution in [1.29, 1.82) is 0 Å². The number of likely N-dealkylation sites (tertiary alicyclic amines) is 1. The average molecular weight is 294 g/mol. The predicted molar refractivity (Wildman–Crippen MR) is 74.4 cm³/mol. The number of hydrogen-bond donors (Lipinski definition) is 2. The van der Waals surface area contributed by atoms with Gasteiger partial charge in [0.25, 0.3) is 0 Å². The first kappa shape index (κ1) is 14.4. The van der Waals surface area contributed by atoms with Crippen LogP contribution in [0.5, 0.6) is 0 Å². The van der Waals surface area contributed by atoms with Gasteiger partial charge in [-0.2, -0.15) is 0 Å². The number of carbonyl (C=O) groups is 3. The summed E-state index contributed by atoms with van der Waals surface area (Å²) in [6, 6.07) is 0. The van der Waals surface area contributed by atoms with Crippen LogP contribution in [0.2, 0.25) is 0 Å². The van der Waals surface area contributed by atoms with Crippen LogP contribution < -0.4 is 5.32 Å². The Balaban J connectivity index is 1.59. The van der Waals surface area contributed by atoms with Gasteiger partial charge in [0, 0.05) is 19.0 Å². The standard InChI is InChI=1S/C15H22N2O4/c18-12(16-15(14(20)21)6-2-7-15)11-3-1-8-17(9-11)13(19)10-4-5-10/h10-11H,1-9H2,(H,16,18)(H,20,21). The second kappa shape index (κ2) is 5.31. The SMILES string of the molecule is O=C(NC1(C(=O)O)CCC1)C1CCCN(C(=O)C2CC2)C1. The molecule has 2 amide bonds. The van der Waals surface area contributed by atoms with Crippen molar-refractivity contribution in [3.05, 3.63) is 0 Å². The highest BCUT2D eigenvalue weighted by Crippen LogP contribution is 2.34. The lowest BCUT2D eigenvalue weighted by molar-refractivity contribution is -0.153. The van der Waals surface area contributed by atoms with E-state index in [4.69, 9.17) is 0 Å². The summed E-state index contributed by atoms with van der Waals surface area (Å²) in [7, 11) is 0. The minimum absolute atomic E-state index is 0.170. The van der Waals surface area contributed by atoms with E-state index in [-0.39, 0.29) is 23.7 Å². The van der Waals surface area contributed by atoms with E-state index in [0.717, 1.165) is 38.6 Å². The summed E-state index contributed by atoms with van der Waals surface area (Å²) in [6.45, 7) is 1.17. The molecule has 0 spiro atoms. The Morgan fingerprint density at radius 2 is 1.76 bits per heavy atom. The van der Waals surface area contributed by atoms with Gasteiger partial charge in [0.05, 0.1) is 5.92 Å². The van der Waals surface area contributed by atoms with Gasteiger partial charge >= 0.3 is 5.97 Å². The molecule has 6 heteroatoms. The molecule has 2 N–H and O–H groups in total. The molecule has 2 aliphatic carbocycles. The van der Waals surface area contributed by atoms with Crippen molar-refractivity contribution < 1.29 is 19.5 Å². The number of amides is 2. The minimum Gasteiger partial charge on any atom is -0.480 e. The Bertz CT molecular complexity index is 468. The van der Waals surface area contributed by atoms with E-state index in [1.165, 1.54) is 0 Å². The van der Waals surface area contributed by atoms with E-state index in [1.54, 1.807) is 4.90 Å². The maximum atomic E-state index is 12.4. The number of rotatable bonds is 4. The molecule has 1 unspecified atom stereocenters. The lowest BCUT2D eigenvalue weighted by Crippen LogP contribution is -2.61. The molecule has 0 radical (unpaired) electrons. The van der Waals surface area contributed by atoms with Gasteiger partial charge in [-0.15, -0.1) is 0 Å². The van der Waals surface area contributed by atoms with Gasteiger partial charge < -0.3 is 15.3 Å². The number of piperidine rings is 1. The number of aliphatic carboxylic acids is 1. The van der Waals surface area contributed by atoms with Crippen molar-refractivity contribution in [2.24, 2.45) is 11.8 Å². The van der Waals surface area contributed by atoms with Crippen LogP contribution in [-0.2, 0) is 14.4 Å². The molecular formula is C15H22N2O4. The van der Waals surface area contributed by atoms with Crippen molar-refractivity contribution in [2.45, 2.75) is 50.5 Å². The summed E-state index contributed by atoms with van der Waals surface area (Å²) in [5.74, 6) is -1.07. The normalized spacial score (nSPS) is 27.6. The molecule has 0 bridgehead atoms. The monoisotopic (exact) mass is 294 g/mol. The van der Waals surface area contributed by atoms with Crippen LogP contribution in [0.3, 0.4) is 0 Å². The molecule has 6 nitrogen and oxygen atoms in total. The minimum atomic E-state index is -1.06. The van der Waals surface area contributed by atoms with Gasteiger partial charge in [-0.1, -0.05) is 0 Å². The highest BCUT2D eigenvalue weighted by Gasteiger charge is 2.47. The van der Waals surface area contributed by atoms with E-state index in [1.807, 2.05) is 0 Å². The van der Waals surface area contributed by atoms with Crippen LogP contribution in [0.4, 0.5) is 0 Å². The predicted octanol–water partition coefficient (Wildman–Crippen LogP) is 0.758. The molecule has 2 saturated carbocycles. The van der Waals surface area contributed by atoms with Crippen molar-refractivity contribution >= 4 is 17.8 Å². The molecule has 1 aliphatic heterocycles. The zero-order valence-corrected chi connectivity index (χ0v) is 12.1. The number of carboxylic acids is 1. The van der Waals surface area contributed by atoms with Gasteiger partial charge in [-0.25, -0.2) is 4.79 Å². The van der Waals surface area contributed by atoms with Crippen LogP contribution in [-0.4, -0.2) is 46.4 Å². The van der Waals surface area contributed by atoms with Crippen molar-refractivity contribution in [1.82, 2.24) is 10.2 Å². The van der Waals surface area contributed by atoms with Crippen LogP contribution in [0.1, 0.15) is 44.9 Å². The number of carboxylic acid groups (broad SMARTS) is 1. The Hall–Kier alpha value is -1.59. The van der Waals surface area contributed by atoms with Crippen molar-refractivity contribution in [2.75, 3.05) is 13.1 Å². The number of nitrogens with one attached hydrogen (secondary N) is 1. The molecule has 1 heterocycles. The zero-order valence-electron chi connectivity index (χ0n) is 12.1. The summed E-state index contributed by atoms with van der Waals surface area (Å²) in [6.07, 6.45) is 5.33. The average Bonchev–Trinajstić information content (AvgIpc) is 3.26. The van der Waals surface area contributed by atoms with Crippen LogP contribution in [0.15, 0.2) is 0 Å². The van der Waals surface area contributed by atoms with E-state index in [9.17, 15) is 19.5 Å². The van der Waals surface area contributed by atoms with Gasteiger partial charge in [0.1, 0.15) is 5.54 Å². The third-order valence-corrected chi connectivity index (χ3v) is 5.01. The highest BCUT2D eigenvalue weighted by atomic mass is 16.4. The van der Waals surface area contributed by atoms with E-state index < -0.39 is 11.5 Å². The fourth-order valence-corrected chi connectivity index (χ4v) is 3.24. The van der Waals surface area contributed by atoms with Gasteiger partial charge in [0.2, 0.25) is 11.8 Å². The van der Waals surface area contributed by atoms with Gasteiger partial charge in [0.15, 0.2) is 0 Å². The Kier molecular flexibility index (Phi) is 3.63. The van der Waals surface area contributed by atoms with Crippen LogP contribution in [0.25, 0.3) is 0 Å². The Labute approximate surface area is 123 Å². The Morgan fingerprint density at radius 1 is 1.05 bits per heavy atom. The summed E-state index contributed by atoms with van der Waals surface area (Å²) in [5.41, 5.74) is -1.06. The molecule has 3 aliphatic rings. The van der Waals surface area contributed by atoms with Crippen molar-refractivity contribution in [3.63, 3.8) is 0 Å². The second-order valence-electron chi connectivity index (χ2n) is 6.63. The summed E-state index contributed by atoms with van der Waals surface area (Å²) >= 11 is 0. The van der Waals surface area contributed by atoms with Crippen LogP contribution >= 0.6 is 0 Å². The van der Waals surface area contributed by atoms with E-state index in [0.29, 0.717) is 19.4 Å². The van der Waals surface area contributed by atoms with Crippen LogP contribution in [0, 0.1) is 11.8 Å². The first-order chi connectivity index (χ1) is 10.0. The number of hydrogen-bond acceptors (Lipinski definition) is 3. The van der Waals surface area contributed by atoms with Gasteiger partial charge in [-0.05, 0) is 44.9 Å². The zero-order chi connectivity index (χ0) is 15.0. The molecule has 0 aromatic heterocycles. The maximum Gasteiger partial charge on any atom is 0.329 e. The lowest BCUT2D eigenvalue weighted by Gasteiger charge is -2.40. The number of carbonyl (C=O) groups excluding carboxylic acids is 2. The number of nitrogens with zero attached hydrogens (tertiary/aromatic N) is 1. The molecule has 116 valence electrons. The fraction of sp³-hybridized carbons (Fsp3) is 0.800. The lowest BCUT2D eigenvalue weighted by atomic mass is 9.76. The fourth-order valence-electron chi connectivity index (χ4n) is 3.24. The smallest absolute Gasteiger partial charge is 0.329 e. The molecule has 0 aromatic carbocycles. The highest BCUT2D eigenvalue weighted by molar-refractivity contribution is 5.89. The molecule has 0 aromatic rings. The maximum absolute atomic E-state index is 12.4. The third kappa shape index (κ3) is 2.76. The molecule has 21 heavy (non-hydrogen) atoms. The quantitative estimate of drug-likeness (QED) is 0.801. The third-order valence-electron chi connectivity index (χ3n) is 5.01. The van der Waals surface area contributed by atoms with E-state index >= 15 is 0 Å². The first-order valence-corrected chi connectivity index (χ1v) is 7.86. The molecular weight excluding hydrogens is 272 g/mol. The first-order valence-electron chi connectivity index (χ1n) is 7.86. The van der Waals surface area contributed by atoms with E-state index in [2.05, 4.69) is 5.32 Å².